The highest BCUT2D eigenvalue weighted by Crippen LogP contribution is 2.37. The zero-order valence-corrected chi connectivity index (χ0v) is 10.8. The molecule has 4 nitrogen and oxygen atoms in total. The van der Waals surface area contributed by atoms with Crippen molar-refractivity contribution in [1.29, 1.82) is 0 Å². The van der Waals surface area contributed by atoms with E-state index in [1.807, 2.05) is 6.92 Å². The van der Waals surface area contributed by atoms with Crippen LogP contribution in [0.15, 0.2) is 16.6 Å². The van der Waals surface area contributed by atoms with E-state index in [9.17, 15) is 14.5 Å². The van der Waals surface area contributed by atoms with Gasteiger partial charge in [0, 0.05) is 18.2 Å². The molecule has 92 valence electrons. The van der Waals surface area contributed by atoms with Gasteiger partial charge in [0.05, 0.1) is 9.40 Å². The molecule has 1 fully saturated rings. The van der Waals surface area contributed by atoms with E-state index < -0.39 is 10.7 Å². The fourth-order valence-electron chi connectivity index (χ4n) is 1.76. The number of benzene rings is 1. The number of nitro groups is 1. The summed E-state index contributed by atoms with van der Waals surface area (Å²) in [5.41, 5.74) is 0.140. The molecule has 1 aromatic rings. The summed E-state index contributed by atoms with van der Waals surface area (Å²) in [6.07, 6.45) is 2.25. The summed E-state index contributed by atoms with van der Waals surface area (Å²) in [4.78, 5) is 10.4. The van der Waals surface area contributed by atoms with Crippen molar-refractivity contribution in [1.82, 2.24) is 0 Å². The molecular weight excluding hydrogens is 291 g/mol. The van der Waals surface area contributed by atoms with Crippen LogP contribution in [0.4, 0.5) is 15.8 Å². The van der Waals surface area contributed by atoms with Gasteiger partial charge in [0.2, 0.25) is 0 Å². The first kappa shape index (κ1) is 12.3. The summed E-state index contributed by atoms with van der Waals surface area (Å²) in [5.74, 6) is 0.0439. The van der Waals surface area contributed by atoms with Gasteiger partial charge in [-0.05, 0) is 41.6 Å². The minimum atomic E-state index is -0.508. The molecule has 2 rings (SSSR count). The van der Waals surface area contributed by atoms with Crippen molar-refractivity contribution in [2.45, 2.75) is 25.8 Å². The molecule has 0 amide bonds. The molecule has 1 aliphatic carbocycles. The second-order valence-corrected chi connectivity index (χ2v) is 5.17. The molecule has 6 heteroatoms. The molecule has 1 saturated carbocycles. The van der Waals surface area contributed by atoms with E-state index in [1.165, 1.54) is 12.1 Å². The number of hydrogen-bond acceptors (Lipinski definition) is 3. The van der Waals surface area contributed by atoms with Crippen LogP contribution >= 0.6 is 15.9 Å². The first-order chi connectivity index (χ1) is 7.99. The van der Waals surface area contributed by atoms with Crippen LogP contribution < -0.4 is 5.32 Å². The lowest BCUT2D eigenvalue weighted by Crippen LogP contribution is -2.18. The Kier molecular flexibility index (Phi) is 3.33. The lowest BCUT2D eigenvalue weighted by atomic mass is 10.2. The second kappa shape index (κ2) is 4.60. The van der Waals surface area contributed by atoms with E-state index in [2.05, 4.69) is 21.2 Å². The molecule has 0 radical (unpaired) electrons. The van der Waals surface area contributed by atoms with Crippen LogP contribution in [0.5, 0.6) is 0 Å². The van der Waals surface area contributed by atoms with Crippen molar-refractivity contribution in [3.63, 3.8) is 0 Å². The van der Waals surface area contributed by atoms with E-state index in [4.69, 9.17) is 0 Å². The quantitative estimate of drug-likeness (QED) is 0.681. The Morgan fingerprint density at radius 2 is 2.24 bits per heavy atom. The van der Waals surface area contributed by atoms with Gasteiger partial charge in [-0.25, -0.2) is 4.39 Å². The van der Waals surface area contributed by atoms with Crippen LogP contribution in [0, 0.1) is 21.8 Å². The molecule has 1 N–H and O–H groups in total. The molecule has 0 saturated heterocycles. The lowest BCUT2D eigenvalue weighted by Gasteiger charge is -2.14. The van der Waals surface area contributed by atoms with Gasteiger partial charge < -0.3 is 5.32 Å². The van der Waals surface area contributed by atoms with Gasteiger partial charge in [-0.15, -0.1) is 0 Å². The Labute approximate surface area is 106 Å². The van der Waals surface area contributed by atoms with Crippen LogP contribution in [-0.4, -0.2) is 11.0 Å². The molecule has 17 heavy (non-hydrogen) atoms. The monoisotopic (exact) mass is 302 g/mol. The largest absolute Gasteiger partial charge is 0.377 e. The highest BCUT2D eigenvalue weighted by Gasteiger charge is 2.29. The molecule has 1 aromatic carbocycles. The highest BCUT2D eigenvalue weighted by molar-refractivity contribution is 9.10. The summed E-state index contributed by atoms with van der Waals surface area (Å²) in [7, 11) is 0. The third-order valence-corrected chi connectivity index (χ3v) is 3.56. The smallest absolute Gasteiger partial charge is 0.293 e. The number of nitro benzene ring substituents is 1. The summed E-state index contributed by atoms with van der Waals surface area (Å²) in [5, 5.41) is 13.9. The normalized spacial score (nSPS) is 16.6. The second-order valence-electron chi connectivity index (χ2n) is 4.31. The standard InChI is InChI=1S/C11H12BrFN2O2/c1-6(7-2-3-7)14-10-5-9(13)8(12)4-11(10)15(16)17/h4-7,14H,2-3H2,1H3. The van der Waals surface area contributed by atoms with Crippen LogP contribution in [0.3, 0.4) is 0 Å². The van der Waals surface area contributed by atoms with Gasteiger partial charge in [0.1, 0.15) is 11.5 Å². The average molecular weight is 303 g/mol. The molecule has 1 atom stereocenters. The zero-order valence-electron chi connectivity index (χ0n) is 9.24. The van der Waals surface area contributed by atoms with Gasteiger partial charge in [-0.3, -0.25) is 10.1 Å². The molecule has 1 aliphatic rings. The van der Waals surface area contributed by atoms with Crippen LogP contribution in [0.25, 0.3) is 0 Å². The summed E-state index contributed by atoms with van der Waals surface area (Å²) in [6.45, 7) is 1.96. The number of nitrogens with one attached hydrogen (secondary N) is 1. The molecule has 0 bridgehead atoms. The SMILES string of the molecule is CC(Nc1cc(F)c(Br)cc1[N+](=O)[O-])C1CC1. The number of anilines is 1. The third-order valence-electron chi connectivity index (χ3n) is 2.95. The topological polar surface area (TPSA) is 55.2 Å². The molecule has 0 spiro atoms. The molecule has 1 unspecified atom stereocenters. The van der Waals surface area contributed by atoms with Gasteiger partial charge >= 0.3 is 0 Å². The van der Waals surface area contributed by atoms with Crippen LogP contribution in [0.1, 0.15) is 19.8 Å². The number of halogens is 2. The fraction of sp³-hybridized carbons (Fsp3) is 0.455. The number of rotatable bonds is 4. The van der Waals surface area contributed by atoms with Gasteiger partial charge in [-0.2, -0.15) is 0 Å². The van der Waals surface area contributed by atoms with Gasteiger partial charge in [0.25, 0.3) is 5.69 Å². The first-order valence-corrected chi connectivity index (χ1v) is 6.18. The highest BCUT2D eigenvalue weighted by atomic mass is 79.9. The van der Waals surface area contributed by atoms with E-state index >= 15 is 0 Å². The van der Waals surface area contributed by atoms with Crippen molar-refractivity contribution >= 4 is 27.3 Å². The van der Waals surface area contributed by atoms with Crippen molar-refractivity contribution in [3.05, 3.63) is 32.5 Å². The Morgan fingerprint density at radius 1 is 1.59 bits per heavy atom. The van der Waals surface area contributed by atoms with Crippen LogP contribution in [-0.2, 0) is 0 Å². The zero-order chi connectivity index (χ0) is 12.6. The van der Waals surface area contributed by atoms with Gasteiger partial charge in [0.15, 0.2) is 0 Å². The maximum Gasteiger partial charge on any atom is 0.293 e. The summed E-state index contributed by atoms with van der Waals surface area (Å²) >= 11 is 2.95. The van der Waals surface area contributed by atoms with E-state index in [1.54, 1.807) is 0 Å². The molecule has 0 aliphatic heterocycles. The van der Waals surface area contributed by atoms with E-state index in [0.29, 0.717) is 5.92 Å². The third kappa shape index (κ3) is 2.74. The van der Waals surface area contributed by atoms with Gasteiger partial charge in [-0.1, -0.05) is 0 Å². The van der Waals surface area contributed by atoms with Crippen molar-refractivity contribution in [3.8, 4) is 0 Å². The van der Waals surface area contributed by atoms with Crippen molar-refractivity contribution in [2.75, 3.05) is 5.32 Å². The predicted molar refractivity (Wildman–Crippen MR) is 66.6 cm³/mol. The Balaban J connectivity index is 2.29. The minimum absolute atomic E-state index is 0.105. The summed E-state index contributed by atoms with van der Waals surface area (Å²) in [6, 6.07) is 2.49. The molecular formula is C11H12BrFN2O2. The predicted octanol–water partition coefficient (Wildman–Crippen LogP) is 3.71. The fourth-order valence-corrected chi connectivity index (χ4v) is 2.09. The summed E-state index contributed by atoms with van der Waals surface area (Å²) < 4.78 is 13.5. The Bertz CT molecular complexity index is 463. The number of hydrogen-bond donors (Lipinski definition) is 1. The molecule has 0 aromatic heterocycles. The molecule has 0 heterocycles. The minimum Gasteiger partial charge on any atom is -0.377 e. The van der Waals surface area contributed by atoms with Crippen molar-refractivity contribution < 1.29 is 9.31 Å². The number of nitrogens with zero attached hydrogens (tertiary/aromatic N) is 1. The maximum absolute atomic E-state index is 13.4. The van der Waals surface area contributed by atoms with E-state index in [0.717, 1.165) is 12.8 Å². The lowest BCUT2D eigenvalue weighted by molar-refractivity contribution is -0.384. The Hall–Kier alpha value is -1.17. The average Bonchev–Trinajstić information content (AvgIpc) is 3.06. The van der Waals surface area contributed by atoms with Crippen molar-refractivity contribution in [2.24, 2.45) is 5.92 Å². The van der Waals surface area contributed by atoms with E-state index in [-0.39, 0.29) is 21.9 Å². The Morgan fingerprint density at radius 3 is 2.76 bits per heavy atom. The maximum atomic E-state index is 13.4. The van der Waals surface area contributed by atoms with Crippen LogP contribution in [0.2, 0.25) is 0 Å². The first-order valence-electron chi connectivity index (χ1n) is 5.39.